The minimum Gasteiger partial charge on any atom is -0.483 e. The van der Waals surface area contributed by atoms with Crippen LogP contribution in [0.3, 0.4) is 0 Å². The van der Waals surface area contributed by atoms with Crippen molar-refractivity contribution in [2.75, 3.05) is 13.2 Å². The highest BCUT2D eigenvalue weighted by molar-refractivity contribution is 5.36. The molecule has 0 atom stereocenters. The molecule has 7 heteroatoms. The van der Waals surface area contributed by atoms with Crippen LogP contribution in [0.1, 0.15) is 13.8 Å². The van der Waals surface area contributed by atoms with Gasteiger partial charge in [0, 0.05) is 12.6 Å². The maximum absolute atomic E-state index is 10.5. The van der Waals surface area contributed by atoms with E-state index in [0.29, 0.717) is 19.2 Å². The highest BCUT2D eigenvalue weighted by Gasteiger charge is 2.15. The van der Waals surface area contributed by atoms with Gasteiger partial charge in [0.05, 0.1) is 0 Å². The molecule has 1 rings (SSSR count). The zero-order valence-electron chi connectivity index (χ0n) is 8.69. The van der Waals surface area contributed by atoms with Crippen molar-refractivity contribution in [2.45, 2.75) is 19.9 Å². The minimum absolute atomic E-state index is 0.172. The molecule has 1 heterocycles. The highest BCUT2D eigenvalue weighted by Crippen LogP contribution is 2.22. The molecule has 0 aliphatic heterocycles. The number of aromatic nitrogens is 2. The summed E-state index contributed by atoms with van der Waals surface area (Å²) in [5, 5.41) is 19.4. The predicted octanol–water partition coefficient (Wildman–Crippen LogP) is 0.695. The van der Waals surface area contributed by atoms with Crippen LogP contribution in [-0.2, 0) is 0 Å². The zero-order chi connectivity index (χ0) is 11.3. The van der Waals surface area contributed by atoms with Crippen molar-refractivity contribution in [3.05, 3.63) is 16.3 Å². The largest absolute Gasteiger partial charge is 0.483 e. The normalized spacial score (nSPS) is 10.6. The van der Waals surface area contributed by atoms with Gasteiger partial charge in [0.2, 0.25) is 5.75 Å². The molecule has 0 saturated heterocycles. The van der Waals surface area contributed by atoms with Crippen molar-refractivity contribution in [1.82, 2.24) is 15.5 Å². The third-order valence-corrected chi connectivity index (χ3v) is 1.68. The van der Waals surface area contributed by atoms with E-state index in [1.54, 1.807) is 0 Å². The number of nitro groups is 1. The molecule has 2 N–H and O–H groups in total. The van der Waals surface area contributed by atoms with Crippen LogP contribution in [0.4, 0.5) is 5.82 Å². The zero-order valence-corrected chi connectivity index (χ0v) is 8.69. The molecular weight excluding hydrogens is 200 g/mol. The molecule has 0 spiro atoms. The van der Waals surface area contributed by atoms with Crippen molar-refractivity contribution in [2.24, 2.45) is 0 Å². The molecule has 15 heavy (non-hydrogen) atoms. The lowest BCUT2D eigenvalue weighted by Crippen LogP contribution is -2.27. The van der Waals surface area contributed by atoms with Crippen LogP contribution in [0.25, 0.3) is 0 Å². The van der Waals surface area contributed by atoms with Crippen LogP contribution < -0.4 is 10.1 Å². The number of ether oxygens (including phenoxy) is 1. The van der Waals surface area contributed by atoms with Gasteiger partial charge in [-0.25, -0.2) is 0 Å². The quantitative estimate of drug-likeness (QED) is 0.413. The van der Waals surface area contributed by atoms with Gasteiger partial charge in [-0.05, 0) is 4.92 Å². The summed E-state index contributed by atoms with van der Waals surface area (Å²) >= 11 is 0. The Balaban J connectivity index is 2.37. The summed E-state index contributed by atoms with van der Waals surface area (Å²) in [6.07, 6.45) is 1.30. The van der Waals surface area contributed by atoms with E-state index in [-0.39, 0.29) is 11.6 Å². The third-order valence-electron chi connectivity index (χ3n) is 1.68. The van der Waals surface area contributed by atoms with E-state index in [1.807, 2.05) is 13.8 Å². The summed E-state index contributed by atoms with van der Waals surface area (Å²) < 4.78 is 5.19. The van der Waals surface area contributed by atoms with Gasteiger partial charge in [-0.2, -0.15) is 0 Å². The number of hydrogen-bond acceptors (Lipinski definition) is 5. The van der Waals surface area contributed by atoms with Crippen LogP contribution in [-0.4, -0.2) is 34.3 Å². The van der Waals surface area contributed by atoms with Crippen LogP contribution in [0, 0.1) is 10.1 Å². The van der Waals surface area contributed by atoms with Gasteiger partial charge in [-0.15, -0.1) is 5.10 Å². The van der Waals surface area contributed by atoms with E-state index >= 15 is 0 Å². The molecule has 0 fully saturated rings. The third kappa shape index (κ3) is 3.55. The molecular formula is C8H14N4O3. The average molecular weight is 214 g/mol. The first-order chi connectivity index (χ1) is 7.11. The summed E-state index contributed by atoms with van der Waals surface area (Å²) in [5.74, 6) is -0.0369. The fourth-order valence-electron chi connectivity index (χ4n) is 1.01. The smallest absolute Gasteiger partial charge is 0.385 e. The molecule has 0 aliphatic carbocycles. The summed E-state index contributed by atoms with van der Waals surface area (Å²) in [7, 11) is 0. The van der Waals surface area contributed by atoms with Gasteiger partial charge in [0.25, 0.3) is 0 Å². The van der Waals surface area contributed by atoms with E-state index in [9.17, 15) is 10.1 Å². The second kappa shape index (κ2) is 5.30. The first-order valence-corrected chi connectivity index (χ1v) is 4.65. The van der Waals surface area contributed by atoms with Crippen molar-refractivity contribution < 1.29 is 9.66 Å². The van der Waals surface area contributed by atoms with Crippen LogP contribution in [0.2, 0.25) is 0 Å². The van der Waals surface area contributed by atoms with Crippen LogP contribution >= 0.6 is 0 Å². The van der Waals surface area contributed by atoms with Gasteiger partial charge in [0.15, 0.2) is 0 Å². The van der Waals surface area contributed by atoms with Gasteiger partial charge < -0.3 is 20.2 Å². The lowest BCUT2D eigenvalue weighted by molar-refractivity contribution is -0.390. The number of nitrogens with zero attached hydrogens (tertiary/aromatic N) is 2. The van der Waals surface area contributed by atoms with Crippen molar-refractivity contribution in [3.8, 4) is 5.75 Å². The molecule has 1 aromatic rings. The van der Waals surface area contributed by atoms with E-state index in [2.05, 4.69) is 15.5 Å². The molecule has 0 aliphatic rings. The predicted molar refractivity (Wildman–Crippen MR) is 53.9 cm³/mol. The summed E-state index contributed by atoms with van der Waals surface area (Å²) in [4.78, 5) is 9.91. The Morgan fingerprint density at radius 2 is 2.47 bits per heavy atom. The molecule has 0 amide bonds. The van der Waals surface area contributed by atoms with Gasteiger partial charge >= 0.3 is 5.82 Å². The molecule has 0 radical (unpaired) electrons. The second-order valence-corrected chi connectivity index (χ2v) is 3.30. The Labute approximate surface area is 87.0 Å². The Morgan fingerprint density at radius 3 is 3.07 bits per heavy atom. The maximum atomic E-state index is 10.5. The summed E-state index contributed by atoms with van der Waals surface area (Å²) in [5.41, 5.74) is 0. The number of nitrogens with one attached hydrogen (secondary N) is 2. The Morgan fingerprint density at radius 1 is 1.73 bits per heavy atom. The molecule has 84 valence electrons. The topological polar surface area (TPSA) is 93.1 Å². The number of H-pyrrole nitrogens is 1. The Kier molecular flexibility index (Phi) is 4.04. The van der Waals surface area contributed by atoms with Crippen molar-refractivity contribution in [1.29, 1.82) is 0 Å². The van der Waals surface area contributed by atoms with Crippen LogP contribution in [0.15, 0.2) is 6.20 Å². The summed E-state index contributed by atoms with van der Waals surface area (Å²) in [6.45, 7) is 5.04. The first kappa shape index (κ1) is 11.4. The molecule has 7 nitrogen and oxygen atoms in total. The monoisotopic (exact) mass is 214 g/mol. The lowest BCUT2D eigenvalue weighted by atomic mass is 10.4. The molecule has 0 unspecified atom stereocenters. The fraction of sp³-hybridized carbons (Fsp3) is 0.625. The first-order valence-electron chi connectivity index (χ1n) is 4.65. The van der Waals surface area contributed by atoms with E-state index < -0.39 is 4.92 Å². The average Bonchev–Trinajstić information content (AvgIpc) is 2.60. The molecule has 1 aromatic heterocycles. The molecule has 0 saturated carbocycles. The number of rotatable bonds is 6. The van der Waals surface area contributed by atoms with Gasteiger partial charge in [-0.3, -0.25) is 0 Å². The van der Waals surface area contributed by atoms with Gasteiger partial charge in [0.1, 0.15) is 12.8 Å². The standard InChI is InChI=1S/C8H14N4O3/c1-6(2)9-3-4-15-7-5-10-11-8(7)12(13)14/h5-6,9H,3-4H2,1-2H3,(H,10,11). The van der Waals surface area contributed by atoms with E-state index in [0.717, 1.165) is 0 Å². The Hall–Kier alpha value is -1.63. The Bertz CT molecular complexity index is 323. The molecule has 0 bridgehead atoms. The maximum Gasteiger partial charge on any atom is 0.385 e. The highest BCUT2D eigenvalue weighted by atomic mass is 16.6. The second-order valence-electron chi connectivity index (χ2n) is 3.30. The SMILES string of the molecule is CC(C)NCCOc1cn[nH]c1[N+](=O)[O-]. The lowest BCUT2D eigenvalue weighted by Gasteiger charge is -2.07. The van der Waals surface area contributed by atoms with Crippen molar-refractivity contribution in [3.63, 3.8) is 0 Å². The molecule has 0 aromatic carbocycles. The van der Waals surface area contributed by atoms with E-state index in [4.69, 9.17) is 4.74 Å². The minimum atomic E-state index is -0.557. The van der Waals surface area contributed by atoms with Gasteiger partial charge in [-0.1, -0.05) is 18.9 Å². The van der Waals surface area contributed by atoms with Crippen LogP contribution in [0.5, 0.6) is 5.75 Å². The number of aromatic amines is 1. The summed E-state index contributed by atoms with van der Waals surface area (Å²) in [6, 6.07) is 0.368. The fourth-order valence-corrected chi connectivity index (χ4v) is 1.01. The van der Waals surface area contributed by atoms with E-state index in [1.165, 1.54) is 6.20 Å². The van der Waals surface area contributed by atoms with Crippen molar-refractivity contribution >= 4 is 5.82 Å². The number of hydrogen-bond donors (Lipinski definition) is 2.